The molecule has 3 nitrogen and oxygen atoms in total. The van der Waals surface area contributed by atoms with Crippen LogP contribution in [0.2, 0.25) is 5.02 Å². The van der Waals surface area contributed by atoms with E-state index in [0.29, 0.717) is 22.9 Å². The molecule has 1 atom stereocenters. The fourth-order valence-corrected chi connectivity index (χ4v) is 1.82. The van der Waals surface area contributed by atoms with E-state index in [-0.39, 0.29) is 12.0 Å². The first kappa shape index (κ1) is 10.3. The van der Waals surface area contributed by atoms with Crippen LogP contribution in [0.5, 0.6) is 5.75 Å². The lowest BCUT2D eigenvalue weighted by atomic mass is 10.2. The number of hydrogen-bond acceptors (Lipinski definition) is 2. The number of rotatable bonds is 0. The molecule has 1 amide bonds. The molecular weight excluding hydrogens is 214 g/mol. The number of anilines is 1. The number of carbonyl (C=O) groups excluding carboxylic acids is 1. The number of hydrogen-bond donors (Lipinski definition) is 1. The van der Waals surface area contributed by atoms with Gasteiger partial charge in [0.1, 0.15) is 6.10 Å². The van der Waals surface area contributed by atoms with E-state index in [0.717, 1.165) is 5.56 Å². The molecule has 0 saturated heterocycles. The number of ether oxygens (including phenoxy) is 1. The van der Waals surface area contributed by atoms with Gasteiger partial charge in [0.05, 0.1) is 17.1 Å². The van der Waals surface area contributed by atoms with E-state index in [2.05, 4.69) is 5.32 Å². The monoisotopic (exact) mass is 225 g/mol. The highest BCUT2D eigenvalue weighted by Gasteiger charge is 2.22. The minimum absolute atomic E-state index is 0.0355. The second-order valence-corrected chi connectivity index (χ2v) is 4.16. The van der Waals surface area contributed by atoms with Crippen LogP contribution in [0.25, 0.3) is 0 Å². The molecule has 0 radical (unpaired) electrons. The van der Waals surface area contributed by atoms with Crippen molar-refractivity contribution < 1.29 is 9.53 Å². The molecule has 0 aromatic heterocycles. The van der Waals surface area contributed by atoms with Gasteiger partial charge >= 0.3 is 0 Å². The molecule has 1 unspecified atom stereocenters. The van der Waals surface area contributed by atoms with Crippen LogP contribution in [0.1, 0.15) is 18.9 Å². The van der Waals surface area contributed by atoms with Gasteiger partial charge in [-0.15, -0.1) is 0 Å². The van der Waals surface area contributed by atoms with Gasteiger partial charge in [-0.05, 0) is 25.5 Å². The highest BCUT2D eigenvalue weighted by Crippen LogP contribution is 2.38. The highest BCUT2D eigenvalue weighted by molar-refractivity contribution is 6.32. The zero-order chi connectivity index (χ0) is 11.0. The fraction of sp³-hybridized carbons (Fsp3) is 0.364. The second-order valence-electron chi connectivity index (χ2n) is 3.75. The lowest BCUT2D eigenvalue weighted by Gasteiger charge is -2.14. The molecule has 80 valence electrons. The molecule has 1 heterocycles. The molecule has 1 N–H and O–H groups in total. The van der Waals surface area contributed by atoms with Crippen LogP contribution in [0.4, 0.5) is 5.69 Å². The zero-order valence-electron chi connectivity index (χ0n) is 8.63. The van der Waals surface area contributed by atoms with E-state index < -0.39 is 0 Å². The fourth-order valence-electron chi connectivity index (χ4n) is 1.62. The largest absolute Gasteiger partial charge is 0.486 e. The standard InChI is InChI=1S/C11H12ClNO2/c1-6-3-4-8(12)11-10(6)13-9(14)5-7(2)15-11/h3-4,7H,5H2,1-2H3,(H,13,14). The molecule has 1 aromatic rings. The number of amides is 1. The predicted octanol–water partition coefficient (Wildman–Crippen LogP) is 2.76. The summed E-state index contributed by atoms with van der Waals surface area (Å²) < 4.78 is 5.62. The maximum absolute atomic E-state index is 11.5. The minimum atomic E-state index is -0.148. The van der Waals surface area contributed by atoms with E-state index >= 15 is 0 Å². The Morgan fingerprint density at radius 1 is 1.53 bits per heavy atom. The quantitative estimate of drug-likeness (QED) is 0.737. The lowest BCUT2D eigenvalue weighted by molar-refractivity contribution is -0.117. The van der Waals surface area contributed by atoms with Gasteiger partial charge in [0.2, 0.25) is 5.91 Å². The van der Waals surface area contributed by atoms with Crippen molar-refractivity contribution in [3.8, 4) is 5.75 Å². The van der Waals surface area contributed by atoms with Gasteiger partial charge in [-0.1, -0.05) is 17.7 Å². The lowest BCUT2D eigenvalue weighted by Crippen LogP contribution is -2.17. The van der Waals surface area contributed by atoms with E-state index in [1.54, 1.807) is 6.07 Å². The Balaban J connectivity index is 2.54. The molecule has 0 bridgehead atoms. The number of fused-ring (bicyclic) bond motifs is 1. The van der Waals surface area contributed by atoms with Gasteiger partial charge in [0, 0.05) is 0 Å². The predicted molar refractivity (Wildman–Crippen MR) is 59.5 cm³/mol. The van der Waals surface area contributed by atoms with Gasteiger partial charge in [-0.25, -0.2) is 0 Å². The number of carbonyl (C=O) groups is 1. The van der Waals surface area contributed by atoms with Crippen LogP contribution in [0, 0.1) is 6.92 Å². The van der Waals surface area contributed by atoms with E-state index in [1.807, 2.05) is 19.9 Å². The molecule has 0 saturated carbocycles. The summed E-state index contributed by atoms with van der Waals surface area (Å²) in [7, 11) is 0. The first-order chi connectivity index (χ1) is 7.08. The number of benzene rings is 1. The van der Waals surface area contributed by atoms with Crippen LogP contribution in [-0.2, 0) is 4.79 Å². The SMILES string of the molecule is Cc1ccc(Cl)c2c1NC(=O)CC(C)O2. The van der Waals surface area contributed by atoms with E-state index in [9.17, 15) is 4.79 Å². The zero-order valence-corrected chi connectivity index (χ0v) is 9.39. The minimum Gasteiger partial charge on any atom is -0.486 e. The summed E-state index contributed by atoms with van der Waals surface area (Å²) in [4.78, 5) is 11.5. The average molecular weight is 226 g/mol. The van der Waals surface area contributed by atoms with E-state index in [4.69, 9.17) is 16.3 Å². The van der Waals surface area contributed by atoms with E-state index in [1.165, 1.54) is 0 Å². The molecule has 0 fully saturated rings. The van der Waals surface area contributed by atoms with Gasteiger partial charge in [0.25, 0.3) is 0 Å². The maximum Gasteiger partial charge on any atom is 0.228 e. The summed E-state index contributed by atoms with van der Waals surface area (Å²) in [5, 5.41) is 3.35. The Kier molecular flexibility index (Phi) is 2.57. The Labute approximate surface area is 93.4 Å². The van der Waals surface area contributed by atoms with Crippen molar-refractivity contribution >= 4 is 23.2 Å². The molecule has 4 heteroatoms. The second kappa shape index (κ2) is 3.74. The summed E-state index contributed by atoms with van der Waals surface area (Å²) in [5.41, 5.74) is 1.65. The third-order valence-corrected chi connectivity index (χ3v) is 2.67. The first-order valence-corrected chi connectivity index (χ1v) is 5.21. The van der Waals surface area contributed by atoms with Crippen LogP contribution in [0.15, 0.2) is 12.1 Å². The molecular formula is C11H12ClNO2. The third-order valence-electron chi connectivity index (χ3n) is 2.37. The average Bonchev–Trinajstić information content (AvgIpc) is 2.31. The van der Waals surface area contributed by atoms with Crippen molar-refractivity contribution in [2.24, 2.45) is 0 Å². The molecule has 0 aliphatic carbocycles. The highest BCUT2D eigenvalue weighted by atomic mass is 35.5. The molecule has 0 spiro atoms. The van der Waals surface area contributed by atoms with Crippen LogP contribution in [-0.4, -0.2) is 12.0 Å². The third kappa shape index (κ3) is 1.92. The van der Waals surface area contributed by atoms with Gasteiger partial charge < -0.3 is 10.1 Å². The number of aryl methyl sites for hydroxylation is 1. The maximum atomic E-state index is 11.5. The van der Waals surface area contributed by atoms with Crippen molar-refractivity contribution in [2.45, 2.75) is 26.4 Å². The molecule has 1 aliphatic rings. The van der Waals surface area contributed by atoms with Crippen LogP contribution >= 0.6 is 11.6 Å². The number of nitrogens with one attached hydrogen (secondary N) is 1. The molecule has 15 heavy (non-hydrogen) atoms. The Morgan fingerprint density at radius 3 is 3.00 bits per heavy atom. The van der Waals surface area contributed by atoms with Gasteiger partial charge in [0.15, 0.2) is 5.75 Å². The normalized spacial score (nSPS) is 19.9. The Bertz CT molecular complexity index is 417. The molecule has 1 aliphatic heterocycles. The van der Waals surface area contributed by atoms with Crippen molar-refractivity contribution in [1.82, 2.24) is 0 Å². The van der Waals surface area contributed by atoms with Crippen LogP contribution < -0.4 is 10.1 Å². The molecule has 1 aromatic carbocycles. The van der Waals surface area contributed by atoms with Crippen LogP contribution in [0.3, 0.4) is 0 Å². The van der Waals surface area contributed by atoms with Crippen molar-refractivity contribution in [3.05, 3.63) is 22.7 Å². The summed E-state index contributed by atoms with van der Waals surface area (Å²) >= 11 is 6.02. The Hall–Kier alpha value is -1.22. The molecule has 2 rings (SSSR count). The summed E-state index contributed by atoms with van der Waals surface area (Å²) in [6, 6.07) is 3.64. The number of halogens is 1. The Morgan fingerprint density at radius 2 is 2.27 bits per heavy atom. The van der Waals surface area contributed by atoms with Gasteiger partial charge in [-0.3, -0.25) is 4.79 Å². The topological polar surface area (TPSA) is 38.3 Å². The van der Waals surface area contributed by atoms with Crippen molar-refractivity contribution in [3.63, 3.8) is 0 Å². The summed E-state index contributed by atoms with van der Waals surface area (Å²) in [6.45, 7) is 3.77. The summed E-state index contributed by atoms with van der Waals surface area (Å²) in [5.74, 6) is 0.543. The smallest absolute Gasteiger partial charge is 0.228 e. The van der Waals surface area contributed by atoms with Crippen molar-refractivity contribution in [1.29, 1.82) is 0 Å². The summed E-state index contributed by atoms with van der Waals surface area (Å²) in [6.07, 6.45) is 0.204. The first-order valence-electron chi connectivity index (χ1n) is 4.83. The van der Waals surface area contributed by atoms with Crippen molar-refractivity contribution in [2.75, 3.05) is 5.32 Å². The van der Waals surface area contributed by atoms with Gasteiger partial charge in [-0.2, -0.15) is 0 Å².